The lowest BCUT2D eigenvalue weighted by atomic mass is 10.1. The molecule has 0 aliphatic carbocycles. The summed E-state index contributed by atoms with van der Waals surface area (Å²) in [6.07, 6.45) is -1.20. The quantitative estimate of drug-likeness (QED) is 0.496. The lowest BCUT2D eigenvalue weighted by Crippen LogP contribution is -2.49. The zero-order chi connectivity index (χ0) is 21.2. The number of rotatable bonds is 5. The van der Waals surface area contributed by atoms with E-state index in [1.54, 1.807) is 23.0 Å². The second-order valence-electron chi connectivity index (χ2n) is 6.45. The summed E-state index contributed by atoms with van der Waals surface area (Å²) in [5, 5.41) is 0.401. The van der Waals surface area contributed by atoms with Gasteiger partial charge in [-0.2, -0.15) is 18.2 Å². The number of anilines is 1. The van der Waals surface area contributed by atoms with Crippen molar-refractivity contribution in [2.24, 2.45) is 0 Å². The molecule has 0 atom stereocenters. The van der Waals surface area contributed by atoms with Gasteiger partial charge in [0.05, 0.1) is 11.4 Å². The largest absolute Gasteiger partial charge is 0.439 e. The number of oxazole rings is 1. The maximum atomic E-state index is 14.5. The van der Waals surface area contributed by atoms with Crippen molar-refractivity contribution in [3.05, 3.63) is 35.5 Å². The number of carbonyl (C=O) groups excluding carboxylic acids is 1. The fourth-order valence-corrected chi connectivity index (χ4v) is 4.10. The average molecular weight is 449 g/mol. The molecule has 0 saturated carbocycles. The highest BCUT2D eigenvalue weighted by atomic mass is 32.2. The van der Waals surface area contributed by atoms with Crippen LogP contribution in [0.1, 0.15) is 16.1 Å². The molecule has 1 amide bonds. The van der Waals surface area contributed by atoms with E-state index in [0.29, 0.717) is 53.6 Å². The molecule has 3 rings (SSSR count). The SMILES string of the molecule is CSc1nc(C(=O)N2CCN(c3cc(SCC(F)(F)F)c(C)cc3F)CC2)co1. The lowest BCUT2D eigenvalue weighted by Gasteiger charge is -2.36. The number of alkyl halides is 3. The molecule has 2 heterocycles. The molecule has 2 aromatic rings. The smallest absolute Gasteiger partial charge is 0.398 e. The zero-order valence-electron chi connectivity index (χ0n) is 15.8. The third-order valence-corrected chi connectivity index (χ3v) is 6.18. The van der Waals surface area contributed by atoms with Crippen LogP contribution in [0, 0.1) is 12.7 Å². The van der Waals surface area contributed by atoms with Crippen molar-refractivity contribution < 1.29 is 26.8 Å². The van der Waals surface area contributed by atoms with Crippen LogP contribution < -0.4 is 4.90 Å². The summed E-state index contributed by atoms with van der Waals surface area (Å²) < 4.78 is 57.2. The van der Waals surface area contributed by atoms with Crippen molar-refractivity contribution in [1.82, 2.24) is 9.88 Å². The number of aryl methyl sites for hydroxylation is 1. The van der Waals surface area contributed by atoms with Crippen molar-refractivity contribution in [2.75, 3.05) is 43.1 Å². The van der Waals surface area contributed by atoms with E-state index in [1.165, 1.54) is 30.2 Å². The number of hydrogen-bond acceptors (Lipinski definition) is 6. The van der Waals surface area contributed by atoms with Gasteiger partial charge in [0.25, 0.3) is 11.1 Å². The minimum atomic E-state index is -4.30. The molecule has 1 aromatic carbocycles. The zero-order valence-corrected chi connectivity index (χ0v) is 17.4. The molecular weight excluding hydrogens is 430 g/mol. The van der Waals surface area contributed by atoms with E-state index >= 15 is 0 Å². The number of benzene rings is 1. The molecule has 0 spiro atoms. The van der Waals surface area contributed by atoms with E-state index < -0.39 is 17.7 Å². The highest BCUT2D eigenvalue weighted by Gasteiger charge is 2.29. The lowest BCUT2D eigenvalue weighted by molar-refractivity contribution is -0.105. The summed E-state index contributed by atoms with van der Waals surface area (Å²) >= 11 is 1.93. The van der Waals surface area contributed by atoms with Crippen molar-refractivity contribution in [2.45, 2.75) is 23.2 Å². The molecule has 0 bridgehead atoms. The van der Waals surface area contributed by atoms with Crippen LogP contribution in [0.3, 0.4) is 0 Å². The Morgan fingerprint density at radius 1 is 1.24 bits per heavy atom. The van der Waals surface area contributed by atoms with Crippen LogP contribution >= 0.6 is 23.5 Å². The topological polar surface area (TPSA) is 49.6 Å². The van der Waals surface area contributed by atoms with Crippen LogP contribution in [0.4, 0.5) is 23.2 Å². The summed E-state index contributed by atoms with van der Waals surface area (Å²) in [6.45, 7) is 3.00. The highest BCUT2D eigenvalue weighted by molar-refractivity contribution is 7.99. The van der Waals surface area contributed by atoms with Gasteiger partial charge in [0.15, 0.2) is 5.69 Å². The van der Waals surface area contributed by atoms with Gasteiger partial charge in [-0.25, -0.2) is 4.39 Å². The Balaban J connectivity index is 1.67. The highest BCUT2D eigenvalue weighted by Crippen LogP contribution is 2.34. The molecule has 0 unspecified atom stereocenters. The van der Waals surface area contributed by atoms with E-state index in [9.17, 15) is 22.4 Å². The van der Waals surface area contributed by atoms with E-state index in [4.69, 9.17) is 4.42 Å². The third-order valence-electron chi connectivity index (χ3n) is 4.42. The standard InChI is InChI=1S/C18H19F4N3O2S2/c1-11-7-12(19)14(8-15(11)29-10-18(20,21)22)24-3-5-25(6-4-24)16(26)13-9-27-17(23-13)28-2/h7-9H,3-6,10H2,1-2H3. The molecule has 29 heavy (non-hydrogen) atoms. The first-order valence-electron chi connectivity index (χ1n) is 8.71. The van der Waals surface area contributed by atoms with Crippen LogP contribution in [0.25, 0.3) is 0 Å². The van der Waals surface area contributed by atoms with Crippen LogP contribution in [-0.4, -0.2) is 60.2 Å². The molecular formula is C18H19F4N3O2S2. The number of amides is 1. The molecule has 11 heteroatoms. The fourth-order valence-electron chi connectivity index (χ4n) is 2.96. The first-order chi connectivity index (χ1) is 13.7. The minimum Gasteiger partial charge on any atom is -0.439 e. The number of halogens is 4. The summed E-state index contributed by atoms with van der Waals surface area (Å²) in [5.41, 5.74) is 0.929. The monoisotopic (exact) mass is 449 g/mol. The Morgan fingerprint density at radius 2 is 1.93 bits per heavy atom. The fraction of sp³-hybridized carbons (Fsp3) is 0.444. The van der Waals surface area contributed by atoms with Crippen molar-refractivity contribution in [3.8, 4) is 0 Å². The first-order valence-corrected chi connectivity index (χ1v) is 10.9. The number of aromatic nitrogens is 1. The molecule has 1 aromatic heterocycles. The summed E-state index contributed by atoms with van der Waals surface area (Å²) in [5.74, 6) is -1.78. The Bertz CT molecular complexity index is 880. The number of hydrogen-bond donors (Lipinski definition) is 0. The van der Waals surface area contributed by atoms with Gasteiger partial charge in [-0.05, 0) is 30.9 Å². The van der Waals surface area contributed by atoms with Gasteiger partial charge >= 0.3 is 6.18 Å². The molecule has 1 aliphatic heterocycles. The van der Waals surface area contributed by atoms with Crippen LogP contribution in [0.5, 0.6) is 0 Å². The second-order valence-corrected chi connectivity index (χ2v) is 8.23. The van der Waals surface area contributed by atoms with Gasteiger partial charge in [-0.15, -0.1) is 11.8 Å². The van der Waals surface area contributed by atoms with Gasteiger partial charge in [-0.3, -0.25) is 4.79 Å². The Kier molecular flexibility index (Phi) is 6.67. The van der Waals surface area contributed by atoms with E-state index in [0.717, 1.165) is 0 Å². The minimum absolute atomic E-state index is 0.218. The predicted molar refractivity (Wildman–Crippen MR) is 104 cm³/mol. The normalized spacial score (nSPS) is 15.1. The number of piperazine rings is 1. The summed E-state index contributed by atoms with van der Waals surface area (Å²) in [6, 6.07) is 2.71. The van der Waals surface area contributed by atoms with Gasteiger partial charge in [0, 0.05) is 31.1 Å². The van der Waals surface area contributed by atoms with Gasteiger partial charge in [-0.1, -0.05) is 11.8 Å². The Morgan fingerprint density at radius 3 is 2.52 bits per heavy atom. The molecule has 1 fully saturated rings. The first kappa shape index (κ1) is 21.8. The van der Waals surface area contributed by atoms with Crippen LogP contribution in [0.2, 0.25) is 0 Å². The van der Waals surface area contributed by atoms with E-state index in [-0.39, 0.29) is 17.3 Å². The molecule has 158 valence electrons. The molecule has 0 radical (unpaired) electrons. The molecule has 0 N–H and O–H groups in total. The molecule has 5 nitrogen and oxygen atoms in total. The van der Waals surface area contributed by atoms with Crippen molar-refractivity contribution in [1.29, 1.82) is 0 Å². The Labute approximate surface area is 173 Å². The average Bonchev–Trinajstić information content (AvgIpc) is 3.15. The van der Waals surface area contributed by atoms with Crippen LogP contribution in [0.15, 0.2) is 32.9 Å². The van der Waals surface area contributed by atoms with Crippen molar-refractivity contribution in [3.63, 3.8) is 0 Å². The maximum Gasteiger partial charge on any atom is 0.398 e. The number of thioether (sulfide) groups is 2. The van der Waals surface area contributed by atoms with E-state index in [1.807, 2.05) is 0 Å². The number of nitrogens with zero attached hydrogens (tertiary/aromatic N) is 3. The maximum absolute atomic E-state index is 14.5. The van der Waals surface area contributed by atoms with E-state index in [2.05, 4.69) is 4.98 Å². The summed E-state index contributed by atoms with van der Waals surface area (Å²) in [4.78, 5) is 20.3. The second kappa shape index (κ2) is 8.86. The van der Waals surface area contributed by atoms with Gasteiger partial charge < -0.3 is 14.2 Å². The summed E-state index contributed by atoms with van der Waals surface area (Å²) in [7, 11) is 0. The number of carbonyl (C=O) groups is 1. The molecule has 1 aliphatic rings. The van der Waals surface area contributed by atoms with Gasteiger partial charge in [0.1, 0.15) is 12.1 Å². The van der Waals surface area contributed by atoms with Crippen LogP contribution in [-0.2, 0) is 0 Å². The Hall–Kier alpha value is -1.88. The predicted octanol–water partition coefficient (Wildman–Crippen LogP) is 4.46. The van der Waals surface area contributed by atoms with Crippen molar-refractivity contribution >= 4 is 35.1 Å². The molecule has 1 saturated heterocycles. The van der Waals surface area contributed by atoms with Gasteiger partial charge in [0.2, 0.25) is 0 Å². The third kappa shape index (κ3) is 5.39.